The lowest BCUT2D eigenvalue weighted by molar-refractivity contribution is 0.547. The second-order valence-corrected chi connectivity index (χ2v) is 5.47. The summed E-state index contributed by atoms with van der Waals surface area (Å²) in [6, 6.07) is 6.10. The highest BCUT2D eigenvalue weighted by atomic mass is 15.1. The molecule has 0 heterocycles. The highest BCUT2D eigenvalue weighted by molar-refractivity contribution is 6.00. The maximum absolute atomic E-state index is 7.68. The van der Waals surface area contributed by atoms with Crippen LogP contribution in [0.1, 0.15) is 36.8 Å². The number of aryl methyl sites for hydroxylation is 1. The van der Waals surface area contributed by atoms with Crippen LogP contribution < -0.4 is 10.6 Å². The topological polar surface area (TPSA) is 53.1 Å². The summed E-state index contributed by atoms with van der Waals surface area (Å²) in [5.74, 6) is 0.957. The lowest BCUT2D eigenvalue weighted by Gasteiger charge is -2.25. The highest BCUT2D eigenvalue weighted by Crippen LogP contribution is 2.28. The summed E-state index contributed by atoms with van der Waals surface area (Å²) < 4.78 is 0. The van der Waals surface area contributed by atoms with Crippen LogP contribution in [0.5, 0.6) is 0 Å². The molecule has 0 amide bonds. The van der Waals surface area contributed by atoms with Crippen LogP contribution in [0, 0.1) is 18.3 Å². The van der Waals surface area contributed by atoms with E-state index in [9.17, 15) is 0 Å². The van der Waals surface area contributed by atoms with E-state index in [1.165, 1.54) is 31.2 Å². The first-order valence-corrected chi connectivity index (χ1v) is 6.74. The van der Waals surface area contributed by atoms with Gasteiger partial charge in [0.1, 0.15) is 5.84 Å². The van der Waals surface area contributed by atoms with Crippen molar-refractivity contribution in [1.82, 2.24) is 0 Å². The van der Waals surface area contributed by atoms with Crippen molar-refractivity contribution < 1.29 is 0 Å². The van der Waals surface area contributed by atoms with Crippen molar-refractivity contribution in [3.63, 3.8) is 0 Å². The fourth-order valence-electron chi connectivity index (χ4n) is 2.86. The van der Waals surface area contributed by atoms with Gasteiger partial charge in [-0.2, -0.15) is 0 Å². The van der Waals surface area contributed by atoms with Gasteiger partial charge in [0, 0.05) is 24.8 Å². The van der Waals surface area contributed by atoms with Gasteiger partial charge in [-0.1, -0.05) is 18.9 Å². The van der Waals surface area contributed by atoms with Crippen LogP contribution in [0.4, 0.5) is 5.69 Å². The molecule has 0 aromatic heterocycles. The number of nitrogens with one attached hydrogen (secondary N) is 1. The molecule has 1 saturated carbocycles. The molecule has 18 heavy (non-hydrogen) atoms. The molecule has 0 bridgehead atoms. The van der Waals surface area contributed by atoms with E-state index < -0.39 is 0 Å². The van der Waals surface area contributed by atoms with Gasteiger partial charge in [-0.15, -0.1) is 0 Å². The lowest BCUT2D eigenvalue weighted by atomic mass is 10.0. The van der Waals surface area contributed by atoms with E-state index in [1.807, 2.05) is 12.1 Å². The zero-order valence-electron chi connectivity index (χ0n) is 11.4. The smallest absolute Gasteiger partial charge is 0.124 e. The van der Waals surface area contributed by atoms with Crippen molar-refractivity contribution in [1.29, 1.82) is 5.41 Å². The zero-order chi connectivity index (χ0) is 13.1. The third kappa shape index (κ3) is 2.84. The molecule has 2 rings (SSSR count). The minimum absolute atomic E-state index is 0.156. The van der Waals surface area contributed by atoms with Gasteiger partial charge in [0.15, 0.2) is 0 Å². The van der Waals surface area contributed by atoms with Crippen LogP contribution >= 0.6 is 0 Å². The molecule has 0 spiro atoms. The van der Waals surface area contributed by atoms with E-state index in [1.54, 1.807) is 0 Å². The fourth-order valence-corrected chi connectivity index (χ4v) is 2.86. The Balaban J connectivity index is 2.19. The van der Waals surface area contributed by atoms with Gasteiger partial charge < -0.3 is 10.6 Å². The molecule has 0 unspecified atom stereocenters. The first-order chi connectivity index (χ1) is 8.58. The van der Waals surface area contributed by atoms with Gasteiger partial charge in [0.2, 0.25) is 0 Å². The minimum Gasteiger partial charge on any atom is -0.384 e. The van der Waals surface area contributed by atoms with Crippen LogP contribution in [-0.4, -0.2) is 19.4 Å². The van der Waals surface area contributed by atoms with Crippen molar-refractivity contribution in [2.75, 3.05) is 18.5 Å². The number of rotatable bonds is 4. The molecule has 0 radical (unpaired) electrons. The summed E-state index contributed by atoms with van der Waals surface area (Å²) in [6.45, 7) is 3.15. The van der Waals surface area contributed by atoms with Gasteiger partial charge in [-0.25, -0.2) is 0 Å². The van der Waals surface area contributed by atoms with Crippen LogP contribution in [0.3, 0.4) is 0 Å². The van der Waals surface area contributed by atoms with E-state index in [0.717, 1.165) is 23.7 Å². The Morgan fingerprint density at radius 3 is 2.67 bits per heavy atom. The first kappa shape index (κ1) is 12.9. The Morgan fingerprint density at radius 1 is 1.39 bits per heavy atom. The van der Waals surface area contributed by atoms with Crippen LogP contribution in [0.15, 0.2) is 18.2 Å². The second kappa shape index (κ2) is 5.42. The van der Waals surface area contributed by atoms with Gasteiger partial charge >= 0.3 is 0 Å². The Bertz CT molecular complexity index is 433. The third-order valence-corrected chi connectivity index (χ3v) is 3.86. The van der Waals surface area contributed by atoms with E-state index in [0.29, 0.717) is 0 Å². The Kier molecular flexibility index (Phi) is 3.90. The minimum atomic E-state index is 0.156. The van der Waals surface area contributed by atoms with Crippen molar-refractivity contribution in [3.8, 4) is 0 Å². The molecule has 0 aliphatic heterocycles. The van der Waals surface area contributed by atoms with Crippen molar-refractivity contribution in [2.24, 2.45) is 11.7 Å². The molecular weight excluding hydrogens is 222 g/mol. The SMILES string of the molecule is Cc1ccc(C(=N)N)c(N(C)CC2CCCC2)c1. The van der Waals surface area contributed by atoms with Crippen molar-refractivity contribution >= 4 is 11.5 Å². The molecule has 1 aliphatic carbocycles. The number of hydrogen-bond donors (Lipinski definition) is 2. The third-order valence-electron chi connectivity index (χ3n) is 3.86. The van der Waals surface area contributed by atoms with Crippen molar-refractivity contribution in [2.45, 2.75) is 32.6 Å². The zero-order valence-corrected chi connectivity index (χ0v) is 11.4. The molecule has 0 saturated heterocycles. The first-order valence-electron chi connectivity index (χ1n) is 6.74. The molecule has 1 aromatic rings. The molecular formula is C15H23N3. The monoisotopic (exact) mass is 245 g/mol. The second-order valence-electron chi connectivity index (χ2n) is 5.47. The van der Waals surface area contributed by atoms with Crippen LogP contribution in [-0.2, 0) is 0 Å². The summed E-state index contributed by atoms with van der Waals surface area (Å²) in [7, 11) is 2.11. The highest BCUT2D eigenvalue weighted by Gasteiger charge is 2.18. The molecule has 0 atom stereocenters. The Morgan fingerprint density at radius 2 is 2.06 bits per heavy atom. The predicted octanol–water partition coefficient (Wildman–Crippen LogP) is 2.91. The number of benzene rings is 1. The largest absolute Gasteiger partial charge is 0.384 e. The summed E-state index contributed by atoms with van der Waals surface area (Å²) in [5.41, 5.74) is 8.82. The number of amidine groups is 1. The summed E-state index contributed by atoms with van der Waals surface area (Å²) in [5, 5.41) is 7.68. The van der Waals surface area contributed by atoms with Crippen molar-refractivity contribution in [3.05, 3.63) is 29.3 Å². The normalized spacial score (nSPS) is 15.9. The Hall–Kier alpha value is -1.51. The fraction of sp³-hybridized carbons (Fsp3) is 0.533. The van der Waals surface area contributed by atoms with Crippen LogP contribution in [0.2, 0.25) is 0 Å². The van der Waals surface area contributed by atoms with Gasteiger partial charge in [-0.05, 0) is 43.4 Å². The number of nitrogens with two attached hydrogens (primary N) is 1. The number of anilines is 1. The lowest BCUT2D eigenvalue weighted by Crippen LogP contribution is -2.27. The maximum Gasteiger partial charge on any atom is 0.124 e. The Labute approximate surface area is 109 Å². The molecule has 98 valence electrons. The molecule has 3 N–H and O–H groups in total. The average Bonchev–Trinajstić information content (AvgIpc) is 2.81. The molecule has 1 aliphatic rings. The number of nitrogens with zero attached hydrogens (tertiary/aromatic N) is 1. The summed E-state index contributed by atoms with van der Waals surface area (Å²) in [6.07, 6.45) is 5.41. The van der Waals surface area contributed by atoms with Crippen LogP contribution in [0.25, 0.3) is 0 Å². The molecule has 1 fully saturated rings. The van der Waals surface area contributed by atoms with E-state index in [4.69, 9.17) is 11.1 Å². The van der Waals surface area contributed by atoms with Gasteiger partial charge in [0.05, 0.1) is 0 Å². The molecule has 1 aromatic carbocycles. The molecule has 3 heteroatoms. The summed E-state index contributed by atoms with van der Waals surface area (Å²) >= 11 is 0. The van der Waals surface area contributed by atoms with Gasteiger partial charge in [-0.3, -0.25) is 5.41 Å². The number of nitrogen functional groups attached to an aromatic ring is 1. The average molecular weight is 245 g/mol. The van der Waals surface area contributed by atoms with E-state index in [-0.39, 0.29) is 5.84 Å². The number of hydrogen-bond acceptors (Lipinski definition) is 2. The summed E-state index contributed by atoms with van der Waals surface area (Å²) in [4.78, 5) is 2.26. The maximum atomic E-state index is 7.68. The van der Waals surface area contributed by atoms with Gasteiger partial charge in [0.25, 0.3) is 0 Å². The molecule has 3 nitrogen and oxygen atoms in total. The predicted molar refractivity (Wildman–Crippen MR) is 77.4 cm³/mol. The van der Waals surface area contributed by atoms with E-state index >= 15 is 0 Å². The quantitative estimate of drug-likeness (QED) is 0.633. The standard InChI is InChI=1S/C15H23N3/c1-11-7-8-13(15(16)17)14(9-11)18(2)10-12-5-3-4-6-12/h7-9,12H,3-6,10H2,1-2H3,(H3,16,17). The van der Waals surface area contributed by atoms with E-state index in [2.05, 4.69) is 24.9 Å².